The van der Waals surface area contributed by atoms with Gasteiger partial charge in [-0.3, -0.25) is 10.1 Å². The minimum atomic E-state index is -1.01. The van der Waals surface area contributed by atoms with Crippen LogP contribution < -0.4 is 9.47 Å². The molecule has 0 saturated heterocycles. The summed E-state index contributed by atoms with van der Waals surface area (Å²) in [5.41, 5.74) is 0.895. The van der Waals surface area contributed by atoms with Gasteiger partial charge in [0.1, 0.15) is 0 Å². The number of hydrogen-bond donors (Lipinski definition) is 1. The van der Waals surface area contributed by atoms with Crippen LogP contribution in [0.1, 0.15) is 17.2 Å². The van der Waals surface area contributed by atoms with E-state index in [9.17, 15) is 15.2 Å². The van der Waals surface area contributed by atoms with Crippen molar-refractivity contribution in [1.29, 1.82) is 0 Å². The van der Waals surface area contributed by atoms with Gasteiger partial charge in [-0.15, -0.1) is 0 Å². The predicted octanol–water partition coefficient (Wildman–Crippen LogP) is 2.89. The van der Waals surface area contributed by atoms with Crippen molar-refractivity contribution in [2.45, 2.75) is 12.5 Å². The smallest absolute Gasteiger partial charge is 0.279 e. The normalized spacial score (nSPS) is 11.8. The molecule has 6 heteroatoms. The molecule has 2 rings (SSSR count). The molecule has 0 saturated carbocycles. The van der Waals surface area contributed by atoms with Crippen molar-refractivity contribution < 1.29 is 19.5 Å². The second kappa shape index (κ2) is 6.91. The molecule has 0 fully saturated rings. The number of nitrogens with zero attached hydrogens (tertiary/aromatic N) is 1. The highest BCUT2D eigenvalue weighted by Crippen LogP contribution is 2.38. The van der Waals surface area contributed by atoms with E-state index in [1.165, 1.54) is 26.4 Å². The fourth-order valence-corrected chi connectivity index (χ4v) is 2.26. The third kappa shape index (κ3) is 3.35. The highest BCUT2D eigenvalue weighted by Gasteiger charge is 2.24. The lowest BCUT2D eigenvalue weighted by Gasteiger charge is -2.15. The third-order valence-electron chi connectivity index (χ3n) is 3.36. The van der Waals surface area contributed by atoms with Gasteiger partial charge < -0.3 is 14.6 Å². The average molecular weight is 303 g/mol. The maximum atomic E-state index is 11.2. The third-order valence-corrected chi connectivity index (χ3v) is 3.36. The van der Waals surface area contributed by atoms with E-state index in [4.69, 9.17) is 9.47 Å². The van der Waals surface area contributed by atoms with Crippen molar-refractivity contribution in [1.82, 2.24) is 0 Å². The average Bonchev–Trinajstić information content (AvgIpc) is 2.54. The van der Waals surface area contributed by atoms with Crippen LogP contribution in [0.4, 0.5) is 5.69 Å². The van der Waals surface area contributed by atoms with Gasteiger partial charge in [0.2, 0.25) is 0 Å². The van der Waals surface area contributed by atoms with Gasteiger partial charge >= 0.3 is 0 Å². The number of methoxy groups -OCH3 is 2. The van der Waals surface area contributed by atoms with Crippen LogP contribution in [0, 0.1) is 10.1 Å². The Hall–Kier alpha value is -2.60. The molecule has 0 spiro atoms. The molecular weight excluding hydrogens is 286 g/mol. The second-order valence-corrected chi connectivity index (χ2v) is 4.73. The van der Waals surface area contributed by atoms with Crippen molar-refractivity contribution in [3.8, 4) is 11.5 Å². The van der Waals surface area contributed by atoms with Gasteiger partial charge in [-0.25, -0.2) is 0 Å². The molecule has 1 atom stereocenters. The van der Waals surface area contributed by atoms with Crippen LogP contribution in [0.15, 0.2) is 42.5 Å². The standard InChI is InChI=1S/C16H17NO5/c1-21-15-9-12(13(17(19)20)10-16(15)22-2)14(18)8-11-6-4-3-5-7-11/h3-7,9-10,14,18H,8H2,1-2H3/t14-/m1/s1. The highest BCUT2D eigenvalue weighted by molar-refractivity contribution is 5.55. The molecule has 6 nitrogen and oxygen atoms in total. The van der Waals surface area contributed by atoms with Crippen molar-refractivity contribution in [2.75, 3.05) is 14.2 Å². The maximum Gasteiger partial charge on any atom is 0.279 e. The number of nitro groups is 1. The zero-order valence-corrected chi connectivity index (χ0v) is 12.4. The van der Waals surface area contributed by atoms with Crippen LogP contribution in [0.3, 0.4) is 0 Å². The number of ether oxygens (including phenoxy) is 2. The monoisotopic (exact) mass is 303 g/mol. The van der Waals surface area contributed by atoms with Crippen LogP contribution in [0.2, 0.25) is 0 Å². The largest absolute Gasteiger partial charge is 0.493 e. The number of aliphatic hydroxyl groups excluding tert-OH is 1. The lowest BCUT2D eigenvalue weighted by Crippen LogP contribution is -2.07. The fourth-order valence-electron chi connectivity index (χ4n) is 2.26. The molecule has 0 aliphatic carbocycles. The van der Waals surface area contributed by atoms with Gasteiger partial charge in [0, 0.05) is 6.42 Å². The Morgan fingerprint density at radius 1 is 1.14 bits per heavy atom. The number of aliphatic hydroxyl groups is 1. The van der Waals surface area contributed by atoms with Crippen molar-refractivity contribution in [2.24, 2.45) is 0 Å². The Kier molecular flexibility index (Phi) is 4.95. The molecule has 0 heterocycles. The van der Waals surface area contributed by atoms with E-state index in [-0.39, 0.29) is 23.4 Å². The summed E-state index contributed by atoms with van der Waals surface area (Å²) >= 11 is 0. The van der Waals surface area contributed by atoms with E-state index in [1.807, 2.05) is 30.3 Å². The Morgan fingerprint density at radius 3 is 2.27 bits per heavy atom. The SMILES string of the molecule is COc1cc([C@H](O)Cc2ccccc2)c([N+](=O)[O-])cc1OC. The number of nitro benzene ring substituents is 1. The molecule has 116 valence electrons. The molecule has 0 aliphatic heterocycles. The summed E-state index contributed by atoms with van der Waals surface area (Å²) in [6.07, 6.45) is -0.737. The van der Waals surface area contributed by atoms with Gasteiger partial charge in [0.05, 0.1) is 36.9 Å². The zero-order valence-electron chi connectivity index (χ0n) is 12.4. The molecule has 22 heavy (non-hydrogen) atoms. The topological polar surface area (TPSA) is 81.8 Å². The van der Waals surface area contributed by atoms with Crippen LogP contribution in [0.25, 0.3) is 0 Å². The van der Waals surface area contributed by atoms with E-state index in [2.05, 4.69) is 0 Å². The number of benzene rings is 2. The first-order valence-electron chi connectivity index (χ1n) is 6.69. The zero-order chi connectivity index (χ0) is 16.1. The Morgan fingerprint density at radius 2 is 1.73 bits per heavy atom. The van der Waals surface area contributed by atoms with E-state index < -0.39 is 11.0 Å². The van der Waals surface area contributed by atoms with Crippen molar-refractivity contribution >= 4 is 5.69 Å². The molecule has 0 amide bonds. The summed E-state index contributed by atoms with van der Waals surface area (Å²) in [5, 5.41) is 21.6. The van der Waals surface area contributed by atoms with Crippen LogP contribution in [-0.4, -0.2) is 24.2 Å². The lowest BCUT2D eigenvalue weighted by atomic mass is 9.99. The molecule has 0 aliphatic rings. The first-order valence-corrected chi connectivity index (χ1v) is 6.69. The number of hydrogen-bond acceptors (Lipinski definition) is 5. The van der Waals surface area contributed by atoms with Gasteiger partial charge in [0.25, 0.3) is 5.69 Å². The molecular formula is C16H17NO5. The number of rotatable bonds is 6. The van der Waals surface area contributed by atoms with Crippen LogP contribution >= 0.6 is 0 Å². The summed E-state index contributed by atoms with van der Waals surface area (Å²) in [7, 11) is 2.85. The quantitative estimate of drug-likeness (QED) is 0.655. The maximum absolute atomic E-state index is 11.2. The first kappa shape index (κ1) is 15.8. The second-order valence-electron chi connectivity index (χ2n) is 4.73. The summed E-state index contributed by atoms with van der Waals surface area (Å²) in [6, 6.07) is 12.0. The van der Waals surface area contributed by atoms with E-state index in [0.717, 1.165) is 5.56 Å². The van der Waals surface area contributed by atoms with Crippen molar-refractivity contribution in [3.05, 3.63) is 63.7 Å². The summed E-state index contributed by atoms with van der Waals surface area (Å²) < 4.78 is 10.2. The Labute approximate surface area is 128 Å². The van der Waals surface area contributed by atoms with Crippen LogP contribution in [0.5, 0.6) is 11.5 Å². The Bertz CT molecular complexity index is 657. The van der Waals surface area contributed by atoms with E-state index in [0.29, 0.717) is 5.75 Å². The summed E-state index contributed by atoms with van der Waals surface area (Å²) in [4.78, 5) is 10.7. The van der Waals surface area contributed by atoms with Gasteiger partial charge in [-0.1, -0.05) is 30.3 Å². The van der Waals surface area contributed by atoms with E-state index >= 15 is 0 Å². The van der Waals surface area contributed by atoms with E-state index in [1.54, 1.807) is 0 Å². The van der Waals surface area contributed by atoms with Gasteiger partial charge in [-0.2, -0.15) is 0 Å². The highest BCUT2D eigenvalue weighted by atomic mass is 16.6. The van der Waals surface area contributed by atoms with Crippen LogP contribution in [-0.2, 0) is 6.42 Å². The molecule has 0 bridgehead atoms. The lowest BCUT2D eigenvalue weighted by molar-refractivity contribution is -0.386. The first-order chi connectivity index (χ1) is 10.6. The minimum absolute atomic E-state index is 0.193. The van der Waals surface area contributed by atoms with Gasteiger partial charge in [0.15, 0.2) is 11.5 Å². The molecule has 1 N–H and O–H groups in total. The summed E-state index contributed by atoms with van der Waals surface area (Å²) in [6.45, 7) is 0. The molecule has 2 aromatic rings. The molecule has 0 unspecified atom stereocenters. The van der Waals surface area contributed by atoms with Crippen molar-refractivity contribution in [3.63, 3.8) is 0 Å². The fraction of sp³-hybridized carbons (Fsp3) is 0.250. The Balaban J connectivity index is 2.41. The van der Waals surface area contributed by atoms with Gasteiger partial charge in [-0.05, 0) is 11.6 Å². The predicted molar refractivity (Wildman–Crippen MR) is 81.3 cm³/mol. The molecule has 2 aromatic carbocycles. The molecule has 0 aromatic heterocycles. The molecule has 0 radical (unpaired) electrons. The minimum Gasteiger partial charge on any atom is -0.493 e. The summed E-state index contributed by atoms with van der Waals surface area (Å²) in [5.74, 6) is 0.597.